The highest BCUT2D eigenvalue weighted by Gasteiger charge is 2.26. The first-order valence-electron chi connectivity index (χ1n) is 8.92. The maximum Gasteiger partial charge on any atom is 0.223 e. The summed E-state index contributed by atoms with van der Waals surface area (Å²) in [6.45, 7) is 2.21. The Morgan fingerprint density at radius 1 is 1.08 bits per heavy atom. The standard InChI is InChI=1S/C20H21N5O/c26-20(22-13-15-5-9-21-10-6-15)16-7-11-25(12-8-16)19-17-3-1-2-4-18(17)23-14-24-19/h1-6,9-10,14,16H,7-8,11-13H2,(H,22,26). The van der Waals surface area contributed by atoms with E-state index in [0.717, 1.165) is 48.2 Å². The SMILES string of the molecule is O=C(NCc1ccncc1)C1CCN(c2ncnc3ccccc23)CC1. The summed E-state index contributed by atoms with van der Waals surface area (Å²) >= 11 is 0. The predicted molar refractivity (Wildman–Crippen MR) is 101 cm³/mol. The van der Waals surface area contributed by atoms with Crippen molar-refractivity contribution >= 4 is 22.6 Å². The summed E-state index contributed by atoms with van der Waals surface area (Å²) in [7, 11) is 0. The third-order valence-corrected chi connectivity index (χ3v) is 4.90. The molecule has 1 saturated heterocycles. The van der Waals surface area contributed by atoms with Crippen molar-refractivity contribution in [2.24, 2.45) is 5.92 Å². The van der Waals surface area contributed by atoms with Gasteiger partial charge in [-0.2, -0.15) is 0 Å². The van der Waals surface area contributed by atoms with Gasteiger partial charge in [-0.05, 0) is 42.7 Å². The molecule has 0 aliphatic carbocycles. The highest BCUT2D eigenvalue weighted by Crippen LogP contribution is 2.27. The van der Waals surface area contributed by atoms with Crippen molar-refractivity contribution in [3.8, 4) is 0 Å². The fourth-order valence-electron chi connectivity index (χ4n) is 3.43. The molecule has 4 rings (SSSR count). The third kappa shape index (κ3) is 3.49. The smallest absolute Gasteiger partial charge is 0.223 e. The van der Waals surface area contributed by atoms with Crippen LogP contribution in [0.3, 0.4) is 0 Å². The van der Waals surface area contributed by atoms with E-state index in [1.54, 1.807) is 18.7 Å². The van der Waals surface area contributed by atoms with Crippen molar-refractivity contribution in [2.45, 2.75) is 19.4 Å². The number of hydrogen-bond donors (Lipinski definition) is 1. The van der Waals surface area contributed by atoms with Crippen molar-refractivity contribution in [3.63, 3.8) is 0 Å². The number of aromatic nitrogens is 3. The minimum Gasteiger partial charge on any atom is -0.356 e. The minimum atomic E-state index is 0.0567. The number of carbonyl (C=O) groups is 1. The van der Waals surface area contributed by atoms with E-state index in [2.05, 4.69) is 31.2 Å². The number of para-hydroxylation sites is 1. The molecule has 6 heteroatoms. The van der Waals surface area contributed by atoms with Crippen LogP contribution in [0.15, 0.2) is 55.1 Å². The Labute approximate surface area is 152 Å². The Hall–Kier alpha value is -3.02. The number of rotatable bonds is 4. The van der Waals surface area contributed by atoms with Crippen LogP contribution in [0.1, 0.15) is 18.4 Å². The molecular formula is C20H21N5O. The number of anilines is 1. The van der Waals surface area contributed by atoms with Gasteiger partial charge < -0.3 is 10.2 Å². The first-order valence-corrected chi connectivity index (χ1v) is 8.92. The number of hydrogen-bond acceptors (Lipinski definition) is 5. The molecule has 3 aromatic rings. The lowest BCUT2D eigenvalue weighted by molar-refractivity contribution is -0.125. The highest BCUT2D eigenvalue weighted by molar-refractivity contribution is 5.89. The number of fused-ring (bicyclic) bond motifs is 1. The zero-order valence-electron chi connectivity index (χ0n) is 14.5. The van der Waals surface area contributed by atoms with Gasteiger partial charge in [-0.1, -0.05) is 12.1 Å². The molecule has 0 spiro atoms. The topological polar surface area (TPSA) is 71.0 Å². The van der Waals surface area contributed by atoms with E-state index in [1.165, 1.54) is 0 Å². The van der Waals surface area contributed by atoms with Crippen LogP contribution in [-0.2, 0) is 11.3 Å². The summed E-state index contributed by atoms with van der Waals surface area (Å²) in [4.78, 5) is 27.5. The van der Waals surface area contributed by atoms with Crippen LogP contribution in [0, 0.1) is 5.92 Å². The largest absolute Gasteiger partial charge is 0.356 e. The molecule has 2 aromatic heterocycles. The van der Waals surface area contributed by atoms with Crippen molar-refractivity contribution in [3.05, 3.63) is 60.7 Å². The Balaban J connectivity index is 1.37. The second-order valence-corrected chi connectivity index (χ2v) is 6.55. The minimum absolute atomic E-state index is 0.0567. The fraction of sp³-hybridized carbons (Fsp3) is 0.300. The van der Waals surface area contributed by atoms with Gasteiger partial charge in [0.1, 0.15) is 12.1 Å². The number of amides is 1. The molecule has 3 heterocycles. The fourth-order valence-corrected chi connectivity index (χ4v) is 3.43. The lowest BCUT2D eigenvalue weighted by Gasteiger charge is -2.32. The summed E-state index contributed by atoms with van der Waals surface area (Å²) in [6.07, 6.45) is 6.77. The molecule has 0 bridgehead atoms. The zero-order valence-corrected chi connectivity index (χ0v) is 14.5. The van der Waals surface area contributed by atoms with Gasteiger partial charge in [0, 0.05) is 43.3 Å². The molecule has 1 aliphatic rings. The second-order valence-electron chi connectivity index (χ2n) is 6.55. The van der Waals surface area contributed by atoms with E-state index in [4.69, 9.17) is 0 Å². The van der Waals surface area contributed by atoms with Crippen molar-refractivity contribution in [2.75, 3.05) is 18.0 Å². The molecule has 26 heavy (non-hydrogen) atoms. The Bertz CT molecular complexity index is 886. The van der Waals surface area contributed by atoms with E-state index >= 15 is 0 Å². The Morgan fingerprint density at radius 3 is 2.65 bits per heavy atom. The number of carbonyl (C=O) groups excluding carboxylic acids is 1. The second kappa shape index (κ2) is 7.47. The van der Waals surface area contributed by atoms with Crippen LogP contribution in [0.5, 0.6) is 0 Å². The van der Waals surface area contributed by atoms with E-state index in [0.29, 0.717) is 6.54 Å². The summed E-state index contributed by atoms with van der Waals surface area (Å²) in [5.41, 5.74) is 2.02. The molecule has 6 nitrogen and oxygen atoms in total. The number of piperidine rings is 1. The van der Waals surface area contributed by atoms with Gasteiger partial charge in [0.05, 0.1) is 5.52 Å². The summed E-state index contributed by atoms with van der Waals surface area (Å²) in [5, 5.41) is 4.11. The molecule has 1 N–H and O–H groups in total. The van der Waals surface area contributed by atoms with E-state index < -0.39 is 0 Å². The Kier molecular flexibility index (Phi) is 4.73. The maximum absolute atomic E-state index is 12.5. The Morgan fingerprint density at radius 2 is 1.85 bits per heavy atom. The first kappa shape index (κ1) is 16.4. The normalized spacial score (nSPS) is 15.2. The molecule has 0 saturated carbocycles. The van der Waals surface area contributed by atoms with Crippen LogP contribution in [-0.4, -0.2) is 33.9 Å². The first-order chi connectivity index (χ1) is 12.8. The van der Waals surface area contributed by atoms with E-state index in [9.17, 15) is 4.79 Å². The van der Waals surface area contributed by atoms with Crippen molar-refractivity contribution in [1.82, 2.24) is 20.3 Å². The molecule has 1 amide bonds. The van der Waals surface area contributed by atoms with Gasteiger partial charge in [-0.25, -0.2) is 9.97 Å². The van der Waals surface area contributed by atoms with Crippen molar-refractivity contribution < 1.29 is 4.79 Å². The van der Waals surface area contributed by atoms with Gasteiger partial charge in [0.2, 0.25) is 5.91 Å². The molecular weight excluding hydrogens is 326 g/mol. The van der Waals surface area contributed by atoms with E-state index in [1.807, 2.05) is 30.3 Å². The number of pyridine rings is 1. The monoisotopic (exact) mass is 347 g/mol. The number of benzene rings is 1. The van der Waals surface area contributed by atoms with Gasteiger partial charge in [0.15, 0.2) is 0 Å². The quantitative estimate of drug-likeness (QED) is 0.785. The van der Waals surface area contributed by atoms with Crippen molar-refractivity contribution in [1.29, 1.82) is 0 Å². The molecule has 0 atom stereocenters. The van der Waals surface area contributed by atoms with Crippen LogP contribution < -0.4 is 10.2 Å². The van der Waals surface area contributed by atoms with Crippen LogP contribution in [0.4, 0.5) is 5.82 Å². The number of nitrogens with one attached hydrogen (secondary N) is 1. The summed E-state index contributed by atoms with van der Waals surface area (Å²) in [6, 6.07) is 11.9. The van der Waals surface area contributed by atoms with Gasteiger partial charge in [-0.3, -0.25) is 9.78 Å². The number of nitrogens with zero attached hydrogens (tertiary/aromatic N) is 4. The van der Waals surface area contributed by atoms with Gasteiger partial charge >= 0.3 is 0 Å². The maximum atomic E-state index is 12.5. The zero-order chi connectivity index (χ0) is 17.8. The molecule has 1 aromatic carbocycles. The average Bonchev–Trinajstić information content (AvgIpc) is 2.72. The third-order valence-electron chi connectivity index (χ3n) is 4.90. The predicted octanol–water partition coefficient (Wildman–Crippen LogP) is 2.56. The lowest BCUT2D eigenvalue weighted by Crippen LogP contribution is -2.40. The molecule has 1 aliphatic heterocycles. The van der Waals surface area contributed by atoms with Crippen LogP contribution >= 0.6 is 0 Å². The molecule has 1 fully saturated rings. The van der Waals surface area contributed by atoms with E-state index in [-0.39, 0.29) is 11.8 Å². The van der Waals surface area contributed by atoms with Gasteiger partial charge in [-0.15, -0.1) is 0 Å². The molecule has 132 valence electrons. The lowest BCUT2D eigenvalue weighted by atomic mass is 9.95. The highest BCUT2D eigenvalue weighted by atomic mass is 16.1. The van der Waals surface area contributed by atoms with Gasteiger partial charge in [0.25, 0.3) is 0 Å². The van der Waals surface area contributed by atoms with Crippen LogP contribution in [0.25, 0.3) is 10.9 Å². The molecule has 0 unspecified atom stereocenters. The summed E-state index contributed by atoms with van der Waals surface area (Å²) < 4.78 is 0. The van der Waals surface area contributed by atoms with Crippen LogP contribution in [0.2, 0.25) is 0 Å². The summed E-state index contributed by atoms with van der Waals surface area (Å²) in [5.74, 6) is 1.15. The molecule has 0 radical (unpaired) electrons. The average molecular weight is 347 g/mol.